The zero-order chi connectivity index (χ0) is 16.8. The van der Waals surface area contributed by atoms with E-state index in [2.05, 4.69) is 20.3 Å². The maximum atomic E-state index is 11.9. The van der Waals surface area contributed by atoms with Crippen LogP contribution in [0.3, 0.4) is 0 Å². The van der Waals surface area contributed by atoms with Crippen LogP contribution in [0.5, 0.6) is 0 Å². The van der Waals surface area contributed by atoms with Crippen molar-refractivity contribution in [3.05, 3.63) is 42.5 Å². The first kappa shape index (κ1) is 16.6. The average Bonchev–Trinajstić information content (AvgIpc) is 3.13. The van der Waals surface area contributed by atoms with Crippen molar-refractivity contribution >= 4 is 5.91 Å². The van der Waals surface area contributed by atoms with Crippen molar-refractivity contribution in [3.63, 3.8) is 0 Å². The number of nitrogens with zero attached hydrogens (tertiary/aromatic N) is 4. The molecule has 2 aromatic rings. The molecule has 0 spiro atoms. The first-order valence-electron chi connectivity index (χ1n) is 8.33. The Morgan fingerprint density at radius 2 is 2.21 bits per heavy atom. The number of hydrogen-bond acceptors (Lipinski definition) is 5. The number of rotatable bonds is 6. The Balaban J connectivity index is 1.48. The Morgan fingerprint density at radius 1 is 1.38 bits per heavy atom. The highest BCUT2D eigenvalue weighted by Crippen LogP contribution is 2.32. The molecule has 24 heavy (non-hydrogen) atoms. The number of imidazole rings is 1. The molecule has 0 aromatic carbocycles. The SMILES string of the molecule is C[C@@]1(c2ncc(CNC(=O)CCn3ccnc3)cn2)CCCCO1. The highest BCUT2D eigenvalue weighted by Gasteiger charge is 2.32. The summed E-state index contributed by atoms with van der Waals surface area (Å²) in [4.78, 5) is 24.7. The van der Waals surface area contributed by atoms with Crippen molar-refractivity contribution in [2.45, 2.75) is 51.3 Å². The molecule has 0 aliphatic carbocycles. The van der Waals surface area contributed by atoms with E-state index in [0.29, 0.717) is 19.5 Å². The van der Waals surface area contributed by atoms with E-state index in [1.54, 1.807) is 24.9 Å². The Morgan fingerprint density at radius 3 is 2.88 bits per heavy atom. The second-order valence-electron chi connectivity index (χ2n) is 6.28. The number of aryl methyl sites for hydroxylation is 1. The largest absolute Gasteiger partial charge is 0.367 e. The Labute approximate surface area is 141 Å². The van der Waals surface area contributed by atoms with Crippen LogP contribution in [0.25, 0.3) is 0 Å². The van der Waals surface area contributed by atoms with Gasteiger partial charge in [0.2, 0.25) is 5.91 Å². The molecule has 1 atom stereocenters. The van der Waals surface area contributed by atoms with Crippen molar-refractivity contribution < 1.29 is 9.53 Å². The van der Waals surface area contributed by atoms with Crippen LogP contribution in [0.2, 0.25) is 0 Å². The van der Waals surface area contributed by atoms with E-state index in [-0.39, 0.29) is 11.5 Å². The monoisotopic (exact) mass is 329 g/mol. The van der Waals surface area contributed by atoms with Crippen molar-refractivity contribution in [1.82, 2.24) is 24.8 Å². The molecule has 0 unspecified atom stereocenters. The minimum Gasteiger partial charge on any atom is -0.367 e. The van der Waals surface area contributed by atoms with Gasteiger partial charge in [-0.3, -0.25) is 4.79 Å². The van der Waals surface area contributed by atoms with Crippen LogP contribution in [-0.2, 0) is 28.2 Å². The molecule has 1 amide bonds. The maximum Gasteiger partial charge on any atom is 0.222 e. The number of hydrogen-bond donors (Lipinski definition) is 1. The normalized spacial score (nSPS) is 20.7. The van der Waals surface area contributed by atoms with Crippen LogP contribution >= 0.6 is 0 Å². The number of nitrogens with one attached hydrogen (secondary N) is 1. The summed E-state index contributed by atoms with van der Waals surface area (Å²) in [6.45, 7) is 3.85. The predicted molar refractivity (Wildman–Crippen MR) is 87.9 cm³/mol. The van der Waals surface area contributed by atoms with Crippen LogP contribution in [0, 0.1) is 0 Å². The highest BCUT2D eigenvalue weighted by molar-refractivity contribution is 5.75. The van der Waals surface area contributed by atoms with Crippen LogP contribution in [0.4, 0.5) is 0 Å². The average molecular weight is 329 g/mol. The molecule has 1 aliphatic rings. The smallest absolute Gasteiger partial charge is 0.222 e. The number of amides is 1. The van der Waals surface area contributed by atoms with E-state index in [0.717, 1.165) is 37.3 Å². The number of ether oxygens (including phenoxy) is 1. The molecule has 7 heteroatoms. The van der Waals surface area contributed by atoms with Crippen molar-refractivity contribution in [1.29, 1.82) is 0 Å². The first-order valence-corrected chi connectivity index (χ1v) is 8.33. The third-order valence-electron chi connectivity index (χ3n) is 4.29. The van der Waals surface area contributed by atoms with Gasteiger partial charge in [-0.2, -0.15) is 0 Å². The Kier molecular flexibility index (Phi) is 5.20. The van der Waals surface area contributed by atoms with E-state index in [1.807, 2.05) is 17.7 Å². The predicted octanol–water partition coefficient (Wildman–Crippen LogP) is 1.80. The minimum atomic E-state index is -0.384. The van der Waals surface area contributed by atoms with E-state index < -0.39 is 0 Å². The van der Waals surface area contributed by atoms with Gasteiger partial charge < -0.3 is 14.6 Å². The lowest BCUT2D eigenvalue weighted by atomic mass is 9.95. The molecule has 0 radical (unpaired) electrons. The third kappa shape index (κ3) is 4.17. The molecule has 7 nitrogen and oxygen atoms in total. The Hall–Kier alpha value is -2.28. The van der Waals surface area contributed by atoms with Gasteiger partial charge >= 0.3 is 0 Å². The summed E-state index contributed by atoms with van der Waals surface area (Å²) in [5.41, 5.74) is 0.499. The molecule has 1 saturated heterocycles. The van der Waals surface area contributed by atoms with Crippen LogP contribution < -0.4 is 5.32 Å². The van der Waals surface area contributed by atoms with Crippen molar-refractivity contribution in [2.75, 3.05) is 6.61 Å². The number of carbonyl (C=O) groups excluding carboxylic acids is 1. The molecule has 2 aromatic heterocycles. The van der Waals surface area contributed by atoms with Crippen molar-refractivity contribution in [3.8, 4) is 0 Å². The van der Waals surface area contributed by atoms with Gasteiger partial charge in [-0.15, -0.1) is 0 Å². The van der Waals surface area contributed by atoms with Crippen LogP contribution in [0.1, 0.15) is 44.0 Å². The van der Waals surface area contributed by atoms with E-state index in [4.69, 9.17) is 4.74 Å². The summed E-state index contributed by atoms with van der Waals surface area (Å²) in [5.74, 6) is 0.715. The molecule has 128 valence electrons. The molecule has 1 N–H and O–H groups in total. The fourth-order valence-corrected chi connectivity index (χ4v) is 2.77. The zero-order valence-corrected chi connectivity index (χ0v) is 13.9. The highest BCUT2D eigenvalue weighted by atomic mass is 16.5. The van der Waals surface area contributed by atoms with Gasteiger partial charge in [0.15, 0.2) is 5.82 Å². The standard InChI is InChI=1S/C17H23N5O2/c1-17(5-2-3-9-24-17)16-20-11-14(12-21-16)10-19-15(23)4-7-22-8-6-18-13-22/h6,8,11-13H,2-5,7,9-10H2,1H3,(H,19,23)/t17-/m0/s1. The van der Waals surface area contributed by atoms with Gasteiger partial charge in [0.05, 0.1) is 6.33 Å². The zero-order valence-electron chi connectivity index (χ0n) is 13.9. The van der Waals surface area contributed by atoms with Gasteiger partial charge in [-0.25, -0.2) is 15.0 Å². The van der Waals surface area contributed by atoms with E-state index in [1.165, 1.54) is 0 Å². The fraction of sp³-hybridized carbons (Fsp3) is 0.529. The molecule has 0 saturated carbocycles. The molecule has 1 aliphatic heterocycles. The molecule has 0 bridgehead atoms. The minimum absolute atomic E-state index is 0.00430. The lowest BCUT2D eigenvalue weighted by Crippen LogP contribution is -2.32. The van der Waals surface area contributed by atoms with Crippen molar-refractivity contribution in [2.24, 2.45) is 0 Å². The van der Waals surface area contributed by atoms with Gasteiger partial charge in [-0.05, 0) is 26.2 Å². The van der Waals surface area contributed by atoms with Gasteiger partial charge in [0.1, 0.15) is 5.60 Å². The first-order chi connectivity index (χ1) is 11.7. The maximum absolute atomic E-state index is 11.9. The molecular weight excluding hydrogens is 306 g/mol. The summed E-state index contributed by atoms with van der Waals surface area (Å²) in [5, 5.41) is 2.89. The summed E-state index contributed by atoms with van der Waals surface area (Å²) in [6, 6.07) is 0. The number of carbonyl (C=O) groups is 1. The molecule has 1 fully saturated rings. The van der Waals surface area contributed by atoms with Crippen LogP contribution in [0.15, 0.2) is 31.1 Å². The Bertz CT molecular complexity index is 648. The summed E-state index contributed by atoms with van der Waals surface area (Å²) < 4.78 is 7.73. The molecule has 3 heterocycles. The van der Waals surface area contributed by atoms with Crippen LogP contribution in [-0.4, -0.2) is 32.0 Å². The van der Waals surface area contributed by atoms with Gasteiger partial charge in [-0.1, -0.05) is 0 Å². The third-order valence-corrected chi connectivity index (χ3v) is 4.29. The quantitative estimate of drug-likeness (QED) is 0.874. The fourth-order valence-electron chi connectivity index (χ4n) is 2.77. The van der Waals surface area contributed by atoms with E-state index >= 15 is 0 Å². The van der Waals surface area contributed by atoms with Gasteiger partial charge in [0.25, 0.3) is 0 Å². The van der Waals surface area contributed by atoms with E-state index in [9.17, 15) is 4.79 Å². The lowest BCUT2D eigenvalue weighted by Gasteiger charge is -2.32. The second kappa shape index (κ2) is 7.53. The summed E-state index contributed by atoms with van der Waals surface area (Å²) in [6.07, 6.45) is 12.4. The summed E-state index contributed by atoms with van der Waals surface area (Å²) in [7, 11) is 0. The molecular formula is C17H23N5O2. The number of aromatic nitrogens is 4. The summed E-state index contributed by atoms with van der Waals surface area (Å²) >= 11 is 0. The second-order valence-corrected chi connectivity index (χ2v) is 6.28. The van der Waals surface area contributed by atoms with Gasteiger partial charge in [0, 0.05) is 56.5 Å². The topological polar surface area (TPSA) is 81.9 Å². The molecule has 3 rings (SSSR count). The lowest BCUT2D eigenvalue weighted by molar-refractivity contribution is -0.121.